The average molecular weight is 244 g/mol. The number of carboxylic acids is 1. The zero-order chi connectivity index (χ0) is 12.3. The van der Waals surface area contributed by atoms with Crippen molar-refractivity contribution in [1.82, 2.24) is 0 Å². The Bertz CT molecular complexity index is 553. The van der Waals surface area contributed by atoms with Gasteiger partial charge >= 0.3 is 5.97 Å². The van der Waals surface area contributed by atoms with E-state index in [1.807, 2.05) is 48.7 Å². The average Bonchev–Trinajstić information content (AvgIpc) is 2.81. The molecule has 0 unspecified atom stereocenters. The molecule has 0 aliphatic carbocycles. The van der Waals surface area contributed by atoms with Crippen LogP contribution in [0.3, 0.4) is 0 Å². The highest BCUT2D eigenvalue weighted by molar-refractivity contribution is 7.11. The molecule has 1 aromatic heterocycles. The molecular formula is C14H12O2S. The Morgan fingerprint density at radius 3 is 2.59 bits per heavy atom. The van der Waals surface area contributed by atoms with E-state index in [9.17, 15) is 9.90 Å². The van der Waals surface area contributed by atoms with Gasteiger partial charge in [-0.15, -0.1) is 11.3 Å². The van der Waals surface area contributed by atoms with Crippen LogP contribution in [0.4, 0.5) is 0 Å². The van der Waals surface area contributed by atoms with E-state index in [4.69, 9.17) is 0 Å². The van der Waals surface area contributed by atoms with Gasteiger partial charge in [0.25, 0.3) is 0 Å². The van der Waals surface area contributed by atoms with Crippen molar-refractivity contribution in [3.8, 4) is 0 Å². The number of aryl methyl sites for hydroxylation is 1. The molecule has 0 bridgehead atoms. The van der Waals surface area contributed by atoms with Crippen molar-refractivity contribution >= 4 is 29.0 Å². The zero-order valence-corrected chi connectivity index (χ0v) is 10.2. The van der Waals surface area contributed by atoms with Gasteiger partial charge in [-0.25, -0.2) is 4.79 Å². The standard InChI is InChI=1S/C14H12O2S/c1-10-5-2-3-6-11(10)9-12(14(15)16)13-7-4-8-17-13/h2-9H,1H3,(H,15,16)/b12-9+. The molecule has 1 N–H and O–H groups in total. The Labute approximate surface area is 104 Å². The summed E-state index contributed by atoms with van der Waals surface area (Å²) in [5.74, 6) is -0.893. The van der Waals surface area contributed by atoms with Gasteiger partial charge in [-0.05, 0) is 35.6 Å². The molecule has 0 fully saturated rings. The van der Waals surface area contributed by atoms with E-state index in [1.54, 1.807) is 6.08 Å². The van der Waals surface area contributed by atoms with Gasteiger partial charge in [0.15, 0.2) is 0 Å². The fourth-order valence-corrected chi connectivity index (χ4v) is 2.31. The third kappa shape index (κ3) is 2.63. The van der Waals surface area contributed by atoms with Crippen LogP contribution in [0.15, 0.2) is 41.8 Å². The number of hydrogen-bond donors (Lipinski definition) is 1. The second-order valence-electron chi connectivity index (χ2n) is 3.70. The molecule has 0 spiro atoms. The fourth-order valence-electron chi connectivity index (χ4n) is 1.57. The van der Waals surface area contributed by atoms with E-state index in [2.05, 4.69) is 0 Å². The summed E-state index contributed by atoms with van der Waals surface area (Å²) in [7, 11) is 0. The van der Waals surface area contributed by atoms with Gasteiger partial charge in [0.1, 0.15) is 0 Å². The summed E-state index contributed by atoms with van der Waals surface area (Å²) >= 11 is 1.44. The molecule has 3 heteroatoms. The molecular weight excluding hydrogens is 232 g/mol. The Balaban J connectivity index is 2.48. The van der Waals surface area contributed by atoms with Gasteiger partial charge < -0.3 is 5.11 Å². The van der Waals surface area contributed by atoms with Gasteiger partial charge in [-0.2, -0.15) is 0 Å². The fraction of sp³-hybridized carbons (Fsp3) is 0.0714. The van der Waals surface area contributed by atoms with Crippen molar-refractivity contribution in [3.63, 3.8) is 0 Å². The van der Waals surface area contributed by atoms with Gasteiger partial charge in [0.2, 0.25) is 0 Å². The van der Waals surface area contributed by atoms with Crippen molar-refractivity contribution in [2.45, 2.75) is 6.92 Å². The molecule has 0 saturated carbocycles. The molecule has 2 rings (SSSR count). The van der Waals surface area contributed by atoms with Crippen molar-refractivity contribution in [3.05, 3.63) is 57.8 Å². The van der Waals surface area contributed by atoms with Gasteiger partial charge in [0.05, 0.1) is 5.57 Å². The third-order valence-electron chi connectivity index (χ3n) is 2.51. The number of thiophene rings is 1. The Hall–Kier alpha value is -1.87. The van der Waals surface area contributed by atoms with Crippen LogP contribution in [0.1, 0.15) is 16.0 Å². The minimum absolute atomic E-state index is 0.342. The van der Waals surface area contributed by atoms with Crippen LogP contribution in [0.5, 0.6) is 0 Å². The highest BCUT2D eigenvalue weighted by atomic mass is 32.1. The first-order chi connectivity index (χ1) is 8.18. The third-order valence-corrected chi connectivity index (χ3v) is 3.41. The lowest BCUT2D eigenvalue weighted by molar-refractivity contribution is -0.130. The van der Waals surface area contributed by atoms with E-state index in [0.29, 0.717) is 5.57 Å². The molecule has 2 aromatic rings. The van der Waals surface area contributed by atoms with E-state index >= 15 is 0 Å². The van der Waals surface area contributed by atoms with Crippen LogP contribution in [-0.2, 0) is 4.79 Å². The Morgan fingerprint density at radius 1 is 1.24 bits per heavy atom. The van der Waals surface area contributed by atoms with E-state index in [1.165, 1.54) is 11.3 Å². The molecule has 0 saturated heterocycles. The SMILES string of the molecule is Cc1ccccc1/C=C(/C(=O)O)c1cccs1. The summed E-state index contributed by atoms with van der Waals surface area (Å²) in [5, 5.41) is 11.1. The van der Waals surface area contributed by atoms with Crippen LogP contribution in [0.2, 0.25) is 0 Å². The van der Waals surface area contributed by atoms with E-state index < -0.39 is 5.97 Å². The Morgan fingerprint density at radius 2 is 2.00 bits per heavy atom. The van der Waals surface area contributed by atoms with E-state index in [0.717, 1.165) is 16.0 Å². The van der Waals surface area contributed by atoms with Crippen molar-refractivity contribution in [2.75, 3.05) is 0 Å². The van der Waals surface area contributed by atoms with Gasteiger partial charge in [-0.3, -0.25) is 0 Å². The summed E-state index contributed by atoms with van der Waals surface area (Å²) in [4.78, 5) is 12.0. The number of benzene rings is 1. The molecule has 0 aliphatic rings. The topological polar surface area (TPSA) is 37.3 Å². The van der Waals surface area contributed by atoms with Crippen molar-refractivity contribution < 1.29 is 9.90 Å². The normalized spacial score (nSPS) is 11.5. The molecule has 17 heavy (non-hydrogen) atoms. The molecule has 0 atom stereocenters. The van der Waals surface area contributed by atoms with E-state index in [-0.39, 0.29) is 0 Å². The summed E-state index contributed by atoms with van der Waals surface area (Å²) in [5.41, 5.74) is 2.36. The van der Waals surface area contributed by atoms with Crippen LogP contribution in [0.25, 0.3) is 11.6 Å². The molecule has 0 aliphatic heterocycles. The Kier molecular flexibility index (Phi) is 3.40. The highest BCUT2D eigenvalue weighted by Crippen LogP contribution is 2.24. The summed E-state index contributed by atoms with van der Waals surface area (Å²) < 4.78 is 0. The smallest absolute Gasteiger partial charge is 0.337 e. The zero-order valence-electron chi connectivity index (χ0n) is 9.38. The molecule has 1 heterocycles. The predicted octanol–water partition coefficient (Wildman–Crippen LogP) is 3.68. The maximum Gasteiger partial charge on any atom is 0.337 e. The summed E-state index contributed by atoms with van der Waals surface area (Å²) in [6.07, 6.45) is 1.73. The van der Waals surface area contributed by atoms with Gasteiger partial charge in [0, 0.05) is 4.88 Å². The van der Waals surface area contributed by atoms with Crippen molar-refractivity contribution in [2.24, 2.45) is 0 Å². The second-order valence-corrected chi connectivity index (χ2v) is 4.64. The number of carboxylic acid groups (broad SMARTS) is 1. The monoisotopic (exact) mass is 244 g/mol. The number of carbonyl (C=O) groups is 1. The number of aliphatic carboxylic acids is 1. The summed E-state index contributed by atoms with van der Waals surface area (Å²) in [6, 6.07) is 11.4. The van der Waals surface area contributed by atoms with Crippen LogP contribution in [0, 0.1) is 6.92 Å². The largest absolute Gasteiger partial charge is 0.478 e. The lowest BCUT2D eigenvalue weighted by Crippen LogP contribution is -1.98. The predicted molar refractivity (Wildman–Crippen MR) is 71.0 cm³/mol. The lowest BCUT2D eigenvalue weighted by Gasteiger charge is -2.02. The number of hydrogen-bond acceptors (Lipinski definition) is 2. The maximum absolute atomic E-state index is 11.3. The van der Waals surface area contributed by atoms with Crippen LogP contribution < -0.4 is 0 Å². The first kappa shape index (κ1) is 11.6. The number of rotatable bonds is 3. The first-order valence-corrected chi connectivity index (χ1v) is 6.11. The van der Waals surface area contributed by atoms with Crippen molar-refractivity contribution in [1.29, 1.82) is 0 Å². The van der Waals surface area contributed by atoms with Crippen LogP contribution in [-0.4, -0.2) is 11.1 Å². The summed E-state index contributed by atoms with van der Waals surface area (Å²) in [6.45, 7) is 1.97. The first-order valence-electron chi connectivity index (χ1n) is 5.23. The maximum atomic E-state index is 11.3. The highest BCUT2D eigenvalue weighted by Gasteiger charge is 2.11. The molecule has 86 valence electrons. The minimum atomic E-state index is -0.893. The van der Waals surface area contributed by atoms with Crippen LogP contribution >= 0.6 is 11.3 Å². The quantitative estimate of drug-likeness (QED) is 0.836. The van der Waals surface area contributed by atoms with Gasteiger partial charge in [-0.1, -0.05) is 30.3 Å². The minimum Gasteiger partial charge on any atom is -0.478 e. The molecule has 0 amide bonds. The lowest BCUT2D eigenvalue weighted by atomic mass is 10.1. The second kappa shape index (κ2) is 4.97. The molecule has 2 nitrogen and oxygen atoms in total. The molecule has 1 aromatic carbocycles. The molecule has 0 radical (unpaired) electrons.